The summed E-state index contributed by atoms with van der Waals surface area (Å²) in [5.41, 5.74) is 0. The van der Waals surface area contributed by atoms with E-state index in [-0.39, 0.29) is 0 Å². The molecule has 102 valence electrons. The van der Waals surface area contributed by atoms with Gasteiger partial charge in [-0.25, -0.2) is 0 Å². The predicted octanol–water partition coefficient (Wildman–Crippen LogP) is 2.99. The highest BCUT2D eigenvalue weighted by Crippen LogP contribution is 2.19. The predicted molar refractivity (Wildman–Crippen MR) is 76.3 cm³/mol. The molecule has 1 rings (SSSR count). The normalized spacial score (nSPS) is 24.2. The van der Waals surface area contributed by atoms with Crippen molar-refractivity contribution in [2.75, 3.05) is 32.7 Å². The summed E-state index contributed by atoms with van der Waals surface area (Å²) in [7, 11) is 0. The Bertz CT molecular complexity index is 191. The Morgan fingerprint density at radius 2 is 2.06 bits per heavy atom. The van der Waals surface area contributed by atoms with Gasteiger partial charge in [0.2, 0.25) is 0 Å². The van der Waals surface area contributed by atoms with E-state index in [4.69, 9.17) is 0 Å². The van der Waals surface area contributed by atoms with Gasteiger partial charge in [-0.1, -0.05) is 27.7 Å². The fourth-order valence-corrected chi connectivity index (χ4v) is 3.15. The van der Waals surface area contributed by atoms with Crippen LogP contribution in [0.1, 0.15) is 47.0 Å². The van der Waals surface area contributed by atoms with Crippen LogP contribution in [-0.4, -0.2) is 37.6 Å². The van der Waals surface area contributed by atoms with Crippen molar-refractivity contribution in [3.05, 3.63) is 0 Å². The first-order valence-corrected chi connectivity index (χ1v) is 7.54. The van der Waals surface area contributed by atoms with E-state index in [1.807, 2.05) is 0 Å². The lowest BCUT2D eigenvalue weighted by Crippen LogP contribution is -2.41. The van der Waals surface area contributed by atoms with Crippen LogP contribution < -0.4 is 5.32 Å². The second-order valence-corrected chi connectivity index (χ2v) is 6.31. The number of piperidine rings is 1. The Morgan fingerprint density at radius 3 is 2.71 bits per heavy atom. The highest BCUT2D eigenvalue weighted by atomic mass is 15.1. The SMILES string of the molecule is CCNCC1CCCN(CC(C)CC(C)C)C1. The molecule has 0 bridgehead atoms. The van der Waals surface area contributed by atoms with Crippen molar-refractivity contribution in [3.63, 3.8) is 0 Å². The lowest BCUT2D eigenvalue weighted by atomic mass is 9.94. The quantitative estimate of drug-likeness (QED) is 0.736. The Morgan fingerprint density at radius 1 is 1.29 bits per heavy atom. The van der Waals surface area contributed by atoms with Gasteiger partial charge in [-0.05, 0) is 56.7 Å². The minimum absolute atomic E-state index is 0.840. The van der Waals surface area contributed by atoms with Crippen molar-refractivity contribution < 1.29 is 0 Å². The maximum absolute atomic E-state index is 3.50. The molecule has 0 saturated carbocycles. The third-order valence-corrected chi connectivity index (χ3v) is 3.73. The molecule has 1 N–H and O–H groups in total. The zero-order chi connectivity index (χ0) is 12.7. The maximum Gasteiger partial charge on any atom is 0.00219 e. The van der Waals surface area contributed by atoms with Crippen LogP contribution in [0.5, 0.6) is 0 Å². The molecular weight excluding hydrogens is 208 g/mol. The summed E-state index contributed by atoms with van der Waals surface area (Å²) in [6, 6.07) is 0. The molecule has 0 aliphatic carbocycles. The number of hydrogen-bond acceptors (Lipinski definition) is 2. The fourth-order valence-electron chi connectivity index (χ4n) is 3.15. The molecule has 2 heteroatoms. The van der Waals surface area contributed by atoms with Gasteiger partial charge < -0.3 is 10.2 Å². The topological polar surface area (TPSA) is 15.3 Å². The van der Waals surface area contributed by atoms with Gasteiger partial charge in [0, 0.05) is 13.1 Å². The van der Waals surface area contributed by atoms with E-state index >= 15 is 0 Å². The van der Waals surface area contributed by atoms with E-state index in [0.717, 1.165) is 24.3 Å². The molecule has 0 amide bonds. The van der Waals surface area contributed by atoms with Gasteiger partial charge >= 0.3 is 0 Å². The summed E-state index contributed by atoms with van der Waals surface area (Å²) in [5, 5.41) is 3.50. The Balaban J connectivity index is 2.24. The molecule has 2 unspecified atom stereocenters. The number of likely N-dealkylation sites (tertiary alicyclic amines) is 1. The molecule has 0 aromatic carbocycles. The summed E-state index contributed by atoms with van der Waals surface area (Å²) in [6.45, 7) is 15.5. The zero-order valence-corrected chi connectivity index (χ0v) is 12.3. The van der Waals surface area contributed by atoms with Crippen molar-refractivity contribution in [2.24, 2.45) is 17.8 Å². The Hall–Kier alpha value is -0.0800. The van der Waals surface area contributed by atoms with Crippen molar-refractivity contribution in [1.82, 2.24) is 10.2 Å². The molecule has 0 spiro atoms. The van der Waals surface area contributed by atoms with Gasteiger partial charge in [-0.3, -0.25) is 0 Å². The molecule has 1 aliphatic rings. The molecule has 0 aromatic heterocycles. The van der Waals surface area contributed by atoms with Crippen LogP contribution in [0.25, 0.3) is 0 Å². The second kappa shape index (κ2) is 8.10. The first kappa shape index (κ1) is 15.0. The Labute approximate surface area is 108 Å². The molecule has 1 heterocycles. The van der Waals surface area contributed by atoms with Gasteiger partial charge in [0.05, 0.1) is 0 Å². The summed E-state index contributed by atoms with van der Waals surface area (Å²) in [6.07, 6.45) is 4.18. The van der Waals surface area contributed by atoms with Crippen LogP contribution in [0.15, 0.2) is 0 Å². The van der Waals surface area contributed by atoms with Crippen LogP contribution in [0.4, 0.5) is 0 Å². The lowest BCUT2D eigenvalue weighted by Gasteiger charge is -2.34. The largest absolute Gasteiger partial charge is 0.317 e. The van der Waals surface area contributed by atoms with Crippen molar-refractivity contribution in [3.8, 4) is 0 Å². The maximum atomic E-state index is 3.50. The summed E-state index contributed by atoms with van der Waals surface area (Å²) in [5.74, 6) is 2.58. The molecule has 2 atom stereocenters. The highest BCUT2D eigenvalue weighted by molar-refractivity contribution is 4.76. The molecule has 1 aliphatic heterocycles. The van der Waals surface area contributed by atoms with Crippen LogP contribution in [0.3, 0.4) is 0 Å². The summed E-state index contributed by atoms with van der Waals surface area (Å²) in [4.78, 5) is 2.69. The van der Waals surface area contributed by atoms with Crippen LogP contribution in [0, 0.1) is 17.8 Å². The fraction of sp³-hybridized carbons (Fsp3) is 1.00. The average Bonchev–Trinajstić information content (AvgIpc) is 2.25. The molecule has 17 heavy (non-hydrogen) atoms. The van der Waals surface area contributed by atoms with Crippen molar-refractivity contribution in [2.45, 2.75) is 47.0 Å². The van der Waals surface area contributed by atoms with E-state index in [9.17, 15) is 0 Å². The molecule has 0 aromatic rings. The third kappa shape index (κ3) is 6.42. The van der Waals surface area contributed by atoms with Crippen LogP contribution in [0.2, 0.25) is 0 Å². The van der Waals surface area contributed by atoms with Gasteiger partial charge in [0.15, 0.2) is 0 Å². The van der Waals surface area contributed by atoms with Crippen LogP contribution >= 0.6 is 0 Å². The number of nitrogens with zero attached hydrogens (tertiary/aromatic N) is 1. The summed E-state index contributed by atoms with van der Waals surface area (Å²) >= 11 is 0. The third-order valence-electron chi connectivity index (χ3n) is 3.73. The molecule has 0 radical (unpaired) electrons. The van der Waals surface area contributed by atoms with Gasteiger partial charge in [0.25, 0.3) is 0 Å². The minimum Gasteiger partial charge on any atom is -0.317 e. The molecule has 1 fully saturated rings. The molecule has 1 saturated heterocycles. The molecule has 2 nitrogen and oxygen atoms in total. The smallest absolute Gasteiger partial charge is 0.00219 e. The number of nitrogens with one attached hydrogen (secondary N) is 1. The minimum atomic E-state index is 0.840. The second-order valence-electron chi connectivity index (χ2n) is 6.31. The van der Waals surface area contributed by atoms with Gasteiger partial charge in [-0.15, -0.1) is 0 Å². The van der Waals surface area contributed by atoms with Crippen LogP contribution in [-0.2, 0) is 0 Å². The van der Waals surface area contributed by atoms with E-state index in [0.29, 0.717) is 0 Å². The standard InChI is InChI=1S/C15H32N2/c1-5-16-10-15-7-6-8-17(12-15)11-14(4)9-13(2)3/h13-16H,5-12H2,1-4H3. The van der Waals surface area contributed by atoms with E-state index < -0.39 is 0 Å². The van der Waals surface area contributed by atoms with E-state index in [1.165, 1.54) is 45.4 Å². The highest BCUT2D eigenvalue weighted by Gasteiger charge is 2.20. The van der Waals surface area contributed by atoms with Gasteiger partial charge in [0.1, 0.15) is 0 Å². The van der Waals surface area contributed by atoms with E-state index in [2.05, 4.69) is 37.9 Å². The van der Waals surface area contributed by atoms with E-state index in [1.54, 1.807) is 0 Å². The first-order chi connectivity index (χ1) is 8.11. The van der Waals surface area contributed by atoms with Gasteiger partial charge in [-0.2, -0.15) is 0 Å². The molecular formula is C15H32N2. The first-order valence-electron chi connectivity index (χ1n) is 7.54. The van der Waals surface area contributed by atoms with Crippen molar-refractivity contribution in [1.29, 1.82) is 0 Å². The number of hydrogen-bond donors (Lipinski definition) is 1. The lowest BCUT2D eigenvalue weighted by molar-refractivity contribution is 0.147. The monoisotopic (exact) mass is 240 g/mol. The average molecular weight is 240 g/mol. The summed E-state index contributed by atoms with van der Waals surface area (Å²) < 4.78 is 0. The van der Waals surface area contributed by atoms with Crippen molar-refractivity contribution >= 4 is 0 Å². The number of rotatable bonds is 7. The Kier molecular flexibility index (Phi) is 7.14. The zero-order valence-electron chi connectivity index (χ0n) is 12.3.